The summed E-state index contributed by atoms with van der Waals surface area (Å²) in [5.41, 5.74) is 8.43. The van der Waals surface area contributed by atoms with Crippen LogP contribution in [-0.4, -0.2) is 15.3 Å². The molecule has 0 saturated heterocycles. The topological polar surface area (TPSA) is 58.4 Å². The van der Waals surface area contributed by atoms with Gasteiger partial charge in [0.05, 0.1) is 16.6 Å². The summed E-state index contributed by atoms with van der Waals surface area (Å²) in [6, 6.07) is 16.9. The average Bonchev–Trinajstić information content (AvgIpc) is 3.10. The highest BCUT2D eigenvalue weighted by molar-refractivity contribution is 5.95. The number of aromatic nitrogens is 2. The van der Waals surface area contributed by atoms with Crippen molar-refractivity contribution in [3.63, 3.8) is 0 Å². The number of halogens is 1. The summed E-state index contributed by atoms with van der Waals surface area (Å²) < 4.78 is 14.9. The minimum Gasteiger partial charge on any atom is -0.312 e. The molecule has 0 radical (unpaired) electrons. The van der Waals surface area contributed by atoms with Crippen LogP contribution in [0.1, 0.15) is 10.4 Å². The number of nitrogens with zero attached hydrogens (tertiary/aromatic N) is 2. The Morgan fingerprint density at radius 2 is 1.71 bits per heavy atom. The molecular weight excluding hydrogens is 307 g/mol. The van der Waals surface area contributed by atoms with Crippen LogP contribution in [0.2, 0.25) is 0 Å². The Kier molecular flexibility index (Phi) is 3.35. The fourth-order valence-corrected chi connectivity index (χ4v) is 2.61. The Balaban J connectivity index is 1.65. The number of hydrazine groups is 1. The van der Waals surface area contributed by atoms with E-state index in [0.29, 0.717) is 11.4 Å². The van der Waals surface area contributed by atoms with Crippen molar-refractivity contribution in [2.45, 2.75) is 0 Å². The molecule has 2 aromatic heterocycles. The maximum atomic E-state index is 12.9. The summed E-state index contributed by atoms with van der Waals surface area (Å²) in [6.45, 7) is 0. The highest BCUT2D eigenvalue weighted by atomic mass is 19.1. The van der Waals surface area contributed by atoms with Crippen LogP contribution in [-0.2, 0) is 0 Å². The molecule has 6 heteroatoms. The molecule has 2 aromatic carbocycles. The Morgan fingerprint density at radius 1 is 0.958 bits per heavy atom. The highest BCUT2D eigenvalue weighted by Gasteiger charge is 2.10. The smallest absolute Gasteiger partial charge is 0.269 e. The maximum Gasteiger partial charge on any atom is 0.269 e. The number of benzene rings is 2. The van der Waals surface area contributed by atoms with Crippen LogP contribution in [0, 0.1) is 5.82 Å². The normalized spacial score (nSPS) is 10.9. The van der Waals surface area contributed by atoms with Gasteiger partial charge in [-0.15, -0.1) is 0 Å². The van der Waals surface area contributed by atoms with E-state index in [-0.39, 0.29) is 11.7 Å². The van der Waals surface area contributed by atoms with Gasteiger partial charge in [0.15, 0.2) is 5.82 Å². The molecule has 0 saturated carbocycles. The SMILES string of the molecule is O=C(NNc1nc2ccccc2n2cccc12)c1ccc(F)cc1. The van der Waals surface area contributed by atoms with Gasteiger partial charge in [0.25, 0.3) is 5.91 Å². The molecule has 0 spiro atoms. The molecule has 2 N–H and O–H groups in total. The number of amides is 1. The number of fused-ring (bicyclic) bond motifs is 3. The lowest BCUT2D eigenvalue weighted by molar-refractivity contribution is 0.0962. The van der Waals surface area contributed by atoms with E-state index in [1.165, 1.54) is 24.3 Å². The molecule has 0 unspecified atom stereocenters. The lowest BCUT2D eigenvalue weighted by atomic mass is 10.2. The van der Waals surface area contributed by atoms with E-state index < -0.39 is 0 Å². The van der Waals surface area contributed by atoms with Gasteiger partial charge in [0.1, 0.15) is 5.82 Å². The molecular formula is C18H13FN4O. The van der Waals surface area contributed by atoms with E-state index in [1.54, 1.807) is 0 Å². The van der Waals surface area contributed by atoms with Crippen LogP contribution in [0.15, 0.2) is 66.9 Å². The molecule has 0 bridgehead atoms. The van der Waals surface area contributed by atoms with Gasteiger partial charge in [-0.05, 0) is 48.5 Å². The van der Waals surface area contributed by atoms with E-state index in [9.17, 15) is 9.18 Å². The molecule has 24 heavy (non-hydrogen) atoms. The van der Waals surface area contributed by atoms with Crippen molar-refractivity contribution < 1.29 is 9.18 Å². The van der Waals surface area contributed by atoms with Crippen LogP contribution in [0.5, 0.6) is 0 Å². The second-order valence-corrected chi connectivity index (χ2v) is 5.30. The van der Waals surface area contributed by atoms with Crippen molar-refractivity contribution >= 4 is 28.3 Å². The van der Waals surface area contributed by atoms with E-state index in [0.717, 1.165) is 16.6 Å². The first-order chi connectivity index (χ1) is 11.7. The second-order valence-electron chi connectivity index (χ2n) is 5.30. The minimum atomic E-state index is -0.384. The van der Waals surface area contributed by atoms with E-state index >= 15 is 0 Å². The molecule has 5 nitrogen and oxygen atoms in total. The average molecular weight is 320 g/mol. The lowest BCUT2D eigenvalue weighted by Gasteiger charge is -2.11. The van der Waals surface area contributed by atoms with Crippen molar-refractivity contribution in [3.05, 3.63) is 78.2 Å². The second kappa shape index (κ2) is 5.66. The number of hydrogen-bond acceptors (Lipinski definition) is 3. The summed E-state index contributed by atoms with van der Waals surface area (Å²) in [4.78, 5) is 16.7. The summed E-state index contributed by atoms with van der Waals surface area (Å²) in [5, 5.41) is 0. The number of carbonyl (C=O) groups excluding carboxylic acids is 1. The summed E-state index contributed by atoms with van der Waals surface area (Å²) in [5.74, 6) is -0.213. The van der Waals surface area contributed by atoms with Crippen molar-refractivity contribution in [2.24, 2.45) is 0 Å². The van der Waals surface area contributed by atoms with E-state index in [2.05, 4.69) is 15.8 Å². The third-order valence-corrected chi connectivity index (χ3v) is 3.77. The molecule has 118 valence electrons. The van der Waals surface area contributed by atoms with Crippen molar-refractivity contribution in [2.75, 3.05) is 5.43 Å². The van der Waals surface area contributed by atoms with Crippen molar-refractivity contribution in [3.8, 4) is 0 Å². The van der Waals surface area contributed by atoms with Crippen LogP contribution in [0.25, 0.3) is 16.6 Å². The number of anilines is 1. The van der Waals surface area contributed by atoms with Gasteiger partial charge >= 0.3 is 0 Å². The molecule has 0 fully saturated rings. The predicted octanol–water partition coefficient (Wildman–Crippen LogP) is 3.38. The minimum absolute atomic E-state index is 0.357. The number of hydrogen-bond donors (Lipinski definition) is 2. The van der Waals surface area contributed by atoms with E-state index in [1.807, 2.05) is 47.0 Å². The lowest BCUT2D eigenvalue weighted by Crippen LogP contribution is -2.30. The zero-order valence-corrected chi connectivity index (χ0v) is 12.5. The molecule has 2 heterocycles. The first kappa shape index (κ1) is 14.2. The summed E-state index contributed by atoms with van der Waals surface area (Å²) in [7, 11) is 0. The Hall–Kier alpha value is -3.41. The molecule has 1 amide bonds. The quantitative estimate of drug-likeness (QED) is 0.569. The Bertz CT molecular complexity index is 1040. The number of carbonyl (C=O) groups is 1. The monoisotopic (exact) mass is 320 g/mol. The van der Waals surface area contributed by atoms with Gasteiger partial charge in [-0.3, -0.25) is 15.6 Å². The van der Waals surface area contributed by atoms with E-state index in [4.69, 9.17) is 0 Å². The van der Waals surface area contributed by atoms with Gasteiger partial charge in [0, 0.05) is 11.8 Å². The highest BCUT2D eigenvalue weighted by Crippen LogP contribution is 2.21. The molecule has 4 aromatic rings. The van der Waals surface area contributed by atoms with Crippen LogP contribution < -0.4 is 10.9 Å². The first-order valence-corrected chi connectivity index (χ1v) is 7.40. The number of rotatable bonds is 3. The Labute approximate surface area is 136 Å². The first-order valence-electron chi connectivity index (χ1n) is 7.40. The number of nitrogens with one attached hydrogen (secondary N) is 2. The third-order valence-electron chi connectivity index (χ3n) is 3.77. The summed E-state index contributed by atoms with van der Waals surface area (Å²) >= 11 is 0. The molecule has 0 aliphatic heterocycles. The molecule has 0 atom stereocenters. The van der Waals surface area contributed by atoms with Gasteiger partial charge in [-0.2, -0.15) is 0 Å². The van der Waals surface area contributed by atoms with Crippen LogP contribution >= 0.6 is 0 Å². The Morgan fingerprint density at radius 3 is 2.54 bits per heavy atom. The molecule has 0 aliphatic carbocycles. The third kappa shape index (κ3) is 2.44. The van der Waals surface area contributed by atoms with Crippen LogP contribution in [0.3, 0.4) is 0 Å². The standard InChI is InChI=1S/C18H13FN4O/c19-13-9-7-12(8-10-13)18(24)22-21-17-16-6-3-11-23(16)15-5-2-1-4-14(15)20-17/h1-11H,(H,20,21)(H,22,24). The van der Waals surface area contributed by atoms with Gasteiger partial charge in [-0.1, -0.05) is 12.1 Å². The van der Waals surface area contributed by atoms with Crippen LogP contribution in [0.4, 0.5) is 10.2 Å². The number of para-hydroxylation sites is 2. The van der Waals surface area contributed by atoms with Crippen molar-refractivity contribution in [1.82, 2.24) is 14.8 Å². The van der Waals surface area contributed by atoms with Crippen molar-refractivity contribution in [1.29, 1.82) is 0 Å². The fourth-order valence-electron chi connectivity index (χ4n) is 2.61. The van der Waals surface area contributed by atoms with Gasteiger partial charge in [-0.25, -0.2) is 9.37 Å². The van der Waals surface area contributed by atoms with Gasteiger partial charge in [0.2, 0.25) is 0 Å². The van der Waals surface area contributed by atoms with Gasteiger partial charge < -0.3 is 4.40 Å². The fraction of sp³-hybridized carbons (Fsp3) is 0. The maximum absolute atomic E-state index is 12.9. The largest absolute Gasteiger partial charge is 0.312 e. The predicted molar refractivity (Wildman–Crippen MR) is 90.2 cm³/mol. The summed E-state index contributed by atoms with van der Waals surface area (Å²) in [6.07, 6.45) is 1.94. The zero-order chi connectivity index (χ0) is 16.5. The molecule has 4 rings (SSSR count). The molecule has 0 aliphatic rings. The zero-order valence-electron chi connectivity index (χ0n) is 12.5.